The highest BCUT2D eigenvalue weighted by atomic mass is 16.6. The Morgan fingerprint density at radius 1 is 0.733 bits per heavy atom. The largest absolute Gasteiger partial charge is 0.480 e. The summed E-state index contributed by atoms with van der Waals surface area (Å²) in [5.74, 6) is -3.09. The lowest BCUT2D eigenvalue weighted by atomic mass is 9.86. The van der Waals surface area contributed by atoms with Crippen LogP contribution < -0.4 is 0 Å². The standard InChI is InChI=1S/C11H18O5.C9H14O5/c1-3-15-9(13)11(10(14)16-4-2)6-5-8(12)7-11;1-2-14-8(13)9(7(11)12)4-3-6(10)5-9/h8,12H,3-7H2,1-2H3;6,10H,2-5H2,1H3,(H,11,12). The van der Waals surface area contributed by atoms with Crippen LogP contribution in [0.5, 0.6) is 0 Å². The topological polar surface area (TPSA) is 157 Å². The van der Waals surface area contributed by atoms with E-state index in [1.165, 1.54) is 0 Å². The van der Waals surface area contributed by atoms with E-state index in [4.69, 9.17) is 19.3 Å². The minimum atomic E-state index is -1.52. The van der Waals surface area contributed by atoms with Gasteiger partial charge in [0.2, 0.25) is 0 Å². The molecule has 10 heteroatoms. The van der Waals surface area contributed by atoms with E-state index in [1.807, 2.05) is 0 Å². The molecule has 0 bridgehead atoms. The van der Waals surface area contributed by atoms with Crippen molar-refractivity contribution in [2.24, 2.45) is 10.8 Å². The van der Waals surface area contributed by atoms with Crippen molar-refractivity contribution in [2.45, 2.75) is 71.5 Å². The first-order valence-electron chi connectivity index (χ1n) is 10.2. The summed E-state index contributed by atoms with van der Waals surface area (Å²) in [6.07, 6.45) is -0.0627. The molecule has 3 N–H and O–H groups in total. The zero-order chi connectivity index (χ0) is 22.9. The Bertz CT molecular complexity index is 613. The lowest BCUT2D eigenvalue weighted by molar-refractivity contribution is -0.172. The van der Waals surface area contributed by atoms with Gasteiger partial charge in [0.15, 0.2) is 10.8 Å². The summed E-state index contributed by atoms with van der Waals surface area (Å²) in [5, 5.41) is 27.7. The van der Waals surface area contributed by atoms with Crippen LogP contribution in [0, 0.1) is 10.8 Å². The van der Waals surface area contributed by atoms with Gasteiger partial charge in [0, 0.05) is 12.8 Å². The van der Waals surface area contributed by atoms with Crippen molar-refractivity contribution in [3.63, 3.8) is 0 Å². The van der Waals surface area contributed by atoms with Crippen LogP contribution in [0.2, 0.25) is 0 Å². The Kier molecular flexibility index (Phi) is 9.70. The molecule has 0 aromatic rings. The van der Waals surface area contributed by atoms with Crippen LogP contribution in [0.3, 0.4) is 0 Å². The average molecular weight is 432 g/mol. The van der Waals surface area contributed by atoms with Crippen LogP contribution >= 0.6 is 0 Å². The Balaban J connectivity index is 0.000000303. The molecule has 3 atom stereocenters. The second-order valence-electron chi connectivity index (χ2n) is 7.42. The Hall–Kier alpha value is -2.20. The van der Waals surface area contributed by atoms with Gasteiger partial charge in [-0.15, -0.1) is 0 Å². The SMILES string of the molecule is CCOC(=O)C1(C(=O)O)CCC(O)C1.CCOC(=O)C1(C(=O)OCC)CCC(O)C1. The van der Waals surface area contributed by atoms with E-state index in [0.29, 0.717) is 19.3 Å². The second kappa shape index (κ2) is 11.3. The fourth-order valence-electron chi connectivity index (χ4n) is 3.77. The molecule has 2 aliphatic carbocycles. The molecule has 0 spiro atoms. The zero-order valence-corrected chi connectivity index (χ0v) is 17.7. The molecule has 2 rings (SSSR count). The van der Waals surface area contributed by atoms with Gasteiger partial charge in [-0.1, -0.05) is 0 Å². The number of ether oxygens (including phenoxy) is 3. The predicted octanol–water partition coefficient (Wildman–Crippen LogP) is 0.809. The van der Waals surface area contributed by atoms with Crippen molar-refractivity contribution in [3.8, 4) is 0 Å². The van der Waals surface area contributed by atoms with Crippen molar-refractivity contribution >= 4 is 23.9 Å². The third kappa shape index (κ3) is 5.69. The van der Waals surface area contributed by atoms with Crippen molar-refractivity contribution in [1.82, 2.24) is 0 Å². The summed E-state index contributed by atoms with van der Waals surface area (Å²) in [6.45, 7) is 5.58. The van der Waals surface area contributed by atoms with Crippen LogP contribution in [0.25, 0.3) is 0 Å². The number of hydrogen-bond acceptors (Lipinski definition) is 9. The van der Waals surface area contributed by atoms with Gasteiger partial charge in [0.1, 0.15) is 0 Å². The van der Waals surface area contributed by atoms with E-state index >= 15 is 0 Å². The molecule has 0 aromatic heterocycles. The Labute approximate surface area is 175 Å². The summed E-state index contributed by atoms with van der Waals surface area (Å²) in [4.78, 5) is 46.0. The lowest BCUT2D eigenvalue weighted by Crippen LogP contribution is -2.40. The molecule has 2 aliphatic rings. The Morgan fingerprint density at radius 2 is 1.07 bits per heavy atom. The molecule has 30 heavy (non-hydrogen) atoms. The molecule has 0 amide bonds. The van der Waals surface area contributed by atoms with Crippen molar-refractivity contribution < 1.29 is 48.7 Å². The highest BCUT2D eigenvalue weighted by Crippen LogP contribution is 2.41. The quantitative estimate of drug-likeness (QED) is 0.299. The first-order chi connectivity index (χ1) is 14.1. The number of aliphatic hydroxyl groups excluding tert-OH is 2. The first kappa shape index (κ1) is 25.8. The number of aliphatic hydroxyl groups is 2. The zero-order valence-electron chi connectivity index (χ0n) is 17.7. The average Bonchev–Trinajstić information content (AvgIpc) is 3.28. The maximum absolute atomic E-state index is 11.8. The summed E-state index contributed by atoms with van der Waals surface area (Å²) >= 11 is 0. The summed E-state index contributed by atoms with van der Waals surface area (Å²) in [5.41, 5.74) is -2.80. The van der Waals surface area contributed by atoms with Gasteiger partial charge in [0.25, 0.3) is 0 Å². The fourth-order valence-corrected chi connectivity index (χ4v) is 3.77. The van der Waals surface area contributed by atoms with Gasteiger partial charge < -0.3 is 29.5 Å². The van der Waals surface area contributed by atoms with E-state index in [-0.39, 0.29) is 39.1 Å². The van der Waals surface area contributed by atoms with E-state index < -0.39 is 46.9 Å². The van der Waals surface area contributed by atoms with Gasteiger partial charge in [-0.3, -0.25) is 19.2 Å². The van der Waals surface area contributed by atoms with Crippen LogP contribution in [0.1, 0.15) is 59.3 Å². The molecule has 0 aliphatic heterocycles. The van der Waals surface area contributed by atoms with E-state index in [0.717, 1.165) is 0 Å². The molecule has 3 unspecified atom stereocenters. The molecule has 10 nitrogen and oxygen atoms in total. The first-order valence-corrected chi connectivity index (χ1v) is 10.2. The molecule has 0 heterocycles. The minimum Gasteiger partial charge on any atom is -0.480 e. The molecule has 0 aromatic carbocycles. The monoisotopic (exact) mass is 432 g/mol. The molecular weight excluding hydrogens is 400 g/mol. The predicted molar refractivity (Wildman–Crippen MR) is 102 cm³/mol. The number of esters is 3. The van der Waals surface area contributed by atoms with Gasteiger partial charge in [-0.25, -0.2) is 0 Å². The van der Waals surface area contributed by atoms with Crippen LogP contribution in [0.4, 0.5) is 0 Å². The molecule has 172 valence electrons. The van der Waals surface area contributed by atoms with Crippen molar-refractivity contribution in [2.75, 3.05) is 19.8 Å². The molecule has 2 fully saturated rings. The molecule has 0 saturated heterocycles. The third-order valence-electron chi connectivity index (χ3n) is 5.38. The van der Waals surface area contributed by atoms with Gasteiger partial charge in [-0.05, 0) is 46.5 Å². The number of carbonyl (C=O) groups excluding carboxylic acids is 3. The lowest BCUT2D eigenvalue weighted by Gasteiger charge is -2.23. The van der Waals surface area contributed by atoms with Gasteiger partial charge in [-0.2, -0.15) is 0 Å². The second-order valence-corrected chi connectivity index (χ2v) is 7.42. The highest BCUT2D eigenvalue weighted by Gasteiger charge is 2.54. The number of aliphatic carboxylic acids is 1. The minimum absolute atomic E-state index is 0.0405. The maximum atomic E-state index is 11.8. The Morgan fingerprint density at radius 3 is 1.33 bits per heavy atom. The normalized spacial score (nSPS) is 26.8. The highest BCUT2D eigenvalue weighted by molar-refractivity contribution is 6.00. The summed E-state index contributed by atoms with van der Waals surface area (Å²) in [7, 11) is 0. The van der Waals surface area contributed by atoms with Crippen LogP contribution in [-0.2, 0) is 33.4 Å². The van der Waals surface area contributed by atoms with E-state index in [9.17, 15) is 29.4 Å². The molecule has 0 radical (unpaired) electrons. The van der Waals surface area contributed by atoms with Crippen LogP contribution in [-0.4, -0.2) is 71.2 Å². The molecule has 2 saturated carbocycles. The molecular formula is C20H32O10. The number of carboxylic acids is 1. The fraction of sp³-hybridized carbons (Fsp3) is 0.800. The number of carbonyl (C=O) groups is 4. The van der Waals surface area contributed by atoms with E-state index in [1.54, 1.807) is 20.8 Å². The maximum Gasteiger partial charge on any atom is 0.323 e. The smallest absolute Gasteiger partial charge is 0.323 e. The van der Waals surface area contributed by atoms with Crippen LogP contribution in [0.15, 0.2) is 0 Å². The summed E-state index contributed by atoms with van der Waals surface area (Å²) < 4.78 is 14.5. The van der Waals surface area contributed by atoms with E-state index in [2.05, 4.69) is 0 Å². The van der Waals surface area contributed by atoms with Crippen molar-refractivity contribution in [1.29, 1.82) is 0 Å². The third-order valence-corrected chi connectivity index (χ3v) is 5.38. The summed E-state index contributed by atoms with van der Waals surface area (Å²) in [6, 6.07) is 0. The van der Waals surface area contributed by atoms with Crippen molar-refractivity contribution in [3.05, 3.63) is 0 Å². The van der Waals surface area contributed by atoms with Gasteiger partial charge in [0.05, 0.1) is 32.0 Å². The number of rotatable bonds is 7. The number of carboxylic acid groups (broad SMARTS) is 1. The van der Waals surface area contributed by atoms with Gasteiger partial charge >= 0.3 is 23.9 Å². The number of hydrogen-bond donors (Lipinski definition) is 3.